The van der Waals surface area contributed by atoms with Gasteiger partial charge in [-0.1, -0.05) is 60.7 Å². The first-order valence-corrected chi connectivity index (χ1v) is 7.44. The third-order valence-corrected chi connectivity index (χ3v) is 3.84. The average molecular weight is 297 g/mol. The summed E-state index contributed by atoms with van der Waals surface area (Å²) in [5.74, 6) is 0.116. The molecule has 2 aromatic carbocycles. The Morgan fingerprint density at radius 2 is 1.55 bits per heavy atom. The molecule has 2 atom stereocenters. The molecule has 116 valence electrons. The van der Waals surface area contributed by atoms with Gasteiger partial charge in [0.25, 0.3) is 0 Å². The van der Waals surface area contributed by atoms with Crippen LogP contribution >= 0.6 is 0 Å². The summed E-state index contributed by atoms with van der Waals surface area (Å²) in [7, 11) is 5.56. The Morgan fingerprint density at radius 3 is 2.05 bits per heavy atom. The van der Waals surface area contributed by atoms with Crippen molar-refractivity contribution in [2.75, 3.05) is 27.8 Å². The summed E-state index contributed by atoms with van der Waals surface area (Å²) in [6.45, 7) is 0.505. The molecule has 0 radical (unpaired) electrons. The van der Waals surface area contributed by atoms with Crippen molar-refractivity contribution in [1.82, 2.24) is 4.90 Å². The quantitative estimate of drug-likeness (QED) is 0.735. The highest BCUT2D eigenvalue weighted by atomic mass is 16.5. The first kappa shape index (κ1) is 16.4. The van der Waals surface area contributed by atoms with Gasteiger partial charge in [0.2, 0.25) is 0 Å². The molecule has 0 saturated heterocycles. The van der Waals surface area contributed by atoms with E-state index < -0.39 is 0 Å². The number of ether oxygens (including phenoxy) is 1. The molecular formula is C19H23NO2. The highest BCUT2D eigenvalue weighted by molar-refractivity contribution is 6.00. The van der Waals surface area contributed by atoms with Crippen LogP contribution in [0, 0.1) is 0 Å². The van der Waals surface area contributed by atoms with Crippen molar-refractivity contribution in [3.63, 3.8) is 0 Å². The van der Waals surface area contributed by atoms with E-state index >= 15 is 0 Å². The molecule has 2 unspecified atom stereocenters. The van der Waals surface area contributed by atoms with Crippen molar-refractivity contribution >= 4 is 5.78 Å². The Kier molecular flexibility index (Phi) is 5.87. The SMILES string of the molecule is COCC(c1ccccc1)C(C(=O)c1ccccc1)N(C)C. The van der Waals surface area contributed by atoms with Crippen molar-refractivity contribution in [2.24, 2.45) is 0 Å². The van der Waals surface area contributed by atoms with Crippen LogP contribution in [0.3, 0.4) is 0 Å². The fourth-order valence-corrected chi connectivity index (χ4v) is 2.80. The number of benzene rings is 2. The molecule has 2 rings (SSSR count). The molecule has 0 aromatic heterocycles. The molecule has 3 heteroatoms. The first-order valence-electron chi connectivity index (χ1n) is 7.44. The second kappa shape index (κ2) is 7.87. The van der Waals surface area contributed by atoms with Gasteiger partial charge >= 0.3 is 0 Å². The highest BCUT2D eigenvalue weighted by Gasteiger charge is 2.32. The maximum absolute atomic E-state index is 13.0. The summed E-state index contributed by atoms with van der Waals surface area (Å²) in [5.41, 5.74) is 1.85. The predicted octanol–water partition coefficient (Wildman–Crippen LogP) is 3.23. The van der Waals surface area contributed by atoms with Crippen LogP contribution < -0.4 is 0 Å². The number of nitrogens with zero attached hydrogens (tertiary/aromatic N) is 1. The minimum atomic E-state index is -0.259. The Bertz CT molecular complexity index is 581. The molecule has 0 heterocycles. The predicted molar refractivity (Wildman–Crippen MR) is 89.3 cm³/mol. The van der Waals surface area contributed by atoms with Crippen molar-refractivity contribution in [2.45, 2.75) is 12.0 Å². The van der Waals surface area contributed by atoms with E-state index in [4.69, 9.17) is 4.74 Å². The van der Waals surface area contributed by atoms with Gasteiger partial charge in [0.05, 0.1) is 12.6 Å². The number of ketones is 1. The lowest BCUT2D eigenvalue weighted by Gasteiger charge is -2.31. The minimum Gasteiger partial charge on any atom is -0.384 e. The van der Waals surface area contributed by atoms with E-state index in [-0.39, 0.29) is 17.7 Å². The fourth-order valence-electron chi connectivity index (χ4n) is 2.80. The van der Waals surface area contributed by atoms with E-state index in [9.17, 15) is 4.79 Å². The Morgan fingerprint density at radius 1 is 1.00 bits per heavy atom. The monoisotopic (exact) mass is 297 g/mol. The fraction of sp³-hybridized carbons (Fsp3) is 0.316. The maximum Gasteiger partial charge on any atom is 0.180 e. The molecule has 0 aliphatic carbocycles. The number of methoxy groups -OCH3 is 1. The van der Waals surface area contributed by atoms with E-state index in [1.54, 1.807) is 7.11 Å². The van der Waals surface area contributed by atoms with Gasteiger partial charge in [0.15, 0.2) is 5.78 Å². The van der Waals surface area contributed by atoms with Crippen LogP contribution in [0.1, 0.15) is 21.8 Å². The summed E-state index contributed by atoms with van der Waals surface area (Å²) in [4.78, 5) is 15.0. The smallest absolute Gasteiger partial charge is 0.180 e. The number of carbonyl (C=O) groups is 1. The largest absolute Gasteiger partial charge is 0.384 e. The summed E-state index contributed by atoms with van der Waals surface area (Å²) in [5, 5.41) is 0. The molecule has 0 amide bonds. The number of rotatable bonds is 7. The van der Waals surface area contributed by atoms with Crippen LogP contribution in [-0.4, -0.2) is 44.5 Å². The Labute approximate surface area is 132 Å². The molecule has 0 aliphatic rings. The zero-order chi connectivity index (χ0) is 15.9. The van der Waals surface area contributed by atoms with Gasteiger partial charge in [0, 0.05) is 18.6 Å². The number of hydrogen-bond donors (Lipinski definition) is 0. The van der Waals surface area contributed by atoms with Crippen molar-refractivity contribution < 1.29 is 9.53 Å². The minimum absolute atomic E-state index is 0.00564. The molecule has 3 nitrogen and oxygen atoms in total. The molecule has 0 spiro atoms. The van der Waals surface area contributed by atoms with Gasteiger partial charge in [-0.3, -0.25) is 9.69 Å². The lowest BCUT2D eigenvalue weighted by Crippen LogP contribution is -2.42. The van der Waals surface area contributed by atoms with Gasteiger partial charge in [-0.15, -0.1) is 0 Å². The molecule has 0 saturated carbocycles. The second-order valence-electron chi connectivity index (χ2n) is 5.61. The zero-order valence-electron chi connectivity index (χ0n) is 13.4. The molecule has 2 aromatic rings. The van der Waals surface area contributed by atoms with E-state index in [2.05, 4.69) is 12.1 Å². The standard InChI is InChI=1S/C19H23NO2/c1-20(2)18(19(21)16-12-8-5-9-13-16)17(14-22-3)15-10-6-4-7-11-15/h4-13,17-18H,14H2,1-3H3. The first-order chi connectivity index (χ1) is 10.6. The summed E-state index contributed by atoms with van der Waals surface area (Å²) in [6.07, 6.45) is 0. The van der Waals surface area contributed by atoms with Gasteiger partial charge in [0.1, 0.15) is 0 Å². The number of carbonyl (C=O) groups excluding carboxylic acids is 1. The second-order valence-corrected chi connectivity index (χ2v) is 5.61. The van der Waals surface area contributed by atoms with Gasteiger partial charge < -0.3 is 4.74 Å². The highest BCUT2D eigenvalue weighted by Crippen LogP contribution is 2.25. The van der Waals surface area contributed by atoms with Crippen LogP contribution in [0.4, 0.5) is 0 Å². The summed E-state index contributed by atoms with van der Waals surface area (Å²) < 4.78 is 5.40. The van der Waals surface area contributed by atoms with Gasteiger partial charge in [-0.05, 0) is 19.7 Å². The molecule has 0 bridgehead atoms. The molecular weight excluding hydrogens is 274 g/mol. The Balaban J connectivity index is 2.37. The van der Waals surface area contributed by atoms with Crippen LogP contribution in [0.15, 0.2) is 60.7 Å². The van der Waals surface area contributed by atoms with Crippen LogP contribution in [0.25, 0.3) is 0 Å². The van der Waals surface area contributed by atoms with E-state index in [0.717, 1.165) is 11.1 Å². The van der Waals surface area contributed by atoms with Gasteiger partial charge in [-0.25, -0.2) is 0 Å². The summed E-state index contributed by atoms with van der Waals surface area (Å²) >= 11 is 0. The maximum atomic E-state index is 13.0. The van der Waals surface area contributed by atoms with Crippen LogP contribution in [0.5, 0.6) is 0 Å². The molecule has 0 N–H and O–H groups in total. The van der Waals surface area contributed by atoms with Crippen LogP contribution in [-0.2, 0) is 4.74 Å². The Hall–Kier alpha value is -1.97. The molecule has 0 fully saturated rings. The van der Waals surface area contributed by atoms with E-state index in [0.29, 0.717) is 6.61 Å². The zero-order valence-corrected chi connectivity index (χ0v) is 13.4. The topological polar surface area (TPSA) is 29.5 Å². The van der Waals surface area contributed by atoms with Crippen LogP contribution in [0.2, 0.25) is 0 Å². The third kappa shape index (κ3) is 3.81. The summed E-state index contributed by atoms with van der Waals surface area (Å²) in [6, 6.07) is 19.3. The molecule has 0 aliphatic heterocycles. The van der Waals surface area contributed by atoms with Gasteiger partial charge in [-0.2, -0.15) is 0 Å². The van der Waals surface area contributed by atoms with E-state index in [1.165, 1.54) is 0 Å². The number of likely N-dealkylation sites (N-methyl/N-ethyl adjacent to an activating group) is 1. The number of hydrogen-bond acceptors (Lipinski definition) is 3. The molecule has 22 heavy (non-hydrogen) atoms. The third-order valence-electron chi connectivity index (χ3n) is 3.84. The lowest BCUT2D eigenvalue weighted by atomic mass is 9.86. The average Bonchev–Trinajstić information content (AvgIpc) is 2.55. The van der Waals surface area contributed by atoms with Crippen molar-refractivity contribution in [1.29, 1.82) is 0 Å². The van der Waals surface area contributed by atoms with Crippen molar-refractivity contribution in [3.05, 3.63) is 71.8 Å². The number of Topliss-reactive ketones (excluding diaryl/α,β-unsaturated/α-hetero) is 1. The van der Waals surface area contributed by atoms with E-state index in [1.807, 2.05) is 67.5 Å². The normalized spacial score (nSPS) is 13.8. The lowest BCUT2D eigenvalue weighted by molar-refractivity contribution is 0.0772. The van der Waals surface area contributed by atoms with Crippen molar-refractivity contribution in [3.8, 4) is 0 Å².